The van der Waals surface area contributed by atoms with Gasteiger partial charge in [-0.1, -0.05) is 60.7 Å². The maximum absolute atomic E-state index is 13.9. The summed E-state index contributed by atoms with van der Waals surface area (Å²) in [5.74, 6) is -1.62. The minimum atomic E-state index is -1.36. The van der Waals surface area contributed by atoms with E-state index in [1.165, 1.54) is 9.80 Å². The van der Waals surface area contributed by atoms with Gasteiger partial charge in [0, 0.05) is 24.2 Å². The first-order valence-corrected chi connectivity index (χ1v) is 12.9. The zero-order valence-electron chi connectivity index (χ0n) is 21.3. The maximum Gasteiger partial charge on any atom is 0.254 e. The highest BCUT2D eigenvalue weighted by Crippen LogP contribution is 2.32. The van der Waals surface area contributed by atoms with Crippen molar-refractivity contribution < 1.29 is 24.3 Å². The van der Waals surface area contributed by atoms with Gasteiger partial charge < -0.3 is 26.0 Å². The van der Waals surface area contributed by atoms with Gasteiger partial charge in [-0.15, -0.1) is 0 Å². The Morgan fingerprint density at radius 3 is 2.18 bits per heavy atom. The van der Waals surface area contributed by atoms with E-state index in [1.54, 1.807) is 78.9 Å². The SMILES string of the molecule is NCc1ccc(C(=O)N[C@H](C(=O)N2CC[C@@H]3[C@H]2C(=O)CN3C(=O)c2ccccc2)C(O)c2ccccc2)cc1. The number of hydrogen-bond donors (Lipinski definition) is 3. The first-order valence-electron chi connectivity index (χ1n) is 12.9. The molecule has 3 aromatic rings. The van der Waals surface area contributed by atoms with E-state index in [9.17, 15) is 24.3 Å². The summed E-state index contributed by atoms with van der Waals surface area (Å²) in [4.78, 5) is 56.3. The van der Waals surface area contributed by atoms with Crippen LogP contribution in [0.3, 0.4) is 0 Å². The number of amides is 3. The van der Waals surface area contributed by atoms with Gasteiger partial charge in [-0.2, -0.15) is 0 Å². The molecule has 0 radical (unpaired) electrons. The van der Waals surface area contributed by atoms with Crippen molar-refractivity contribution in [3.05, 3.63) is 107 Å². The highest BCUT2D eigenvalue weighted by molar-refractivity contribution is 6.03. The molecule has 0 aromatic heterocycles. The van der Waals surface area contributed by atoms with Gasteiger partial charge in [0.25, 0.3) is 11.8 Å². The number of rotatable bonds is 7. The number of ketones is 1. The Bertz CT molecular complexity index is 1360. The van der Waals surface area contributed by atoms with Gasteiger partial charge in [0.1, 0.15) is 18.2 Å². The van der Waals surface area contributed by atoms with Crippen LogP contribution in [0.4, 0.5) is 0 Å². The van der Waals surface area contributed by atoms with Crippen LogP contribution >= 0.6 is 0 Å². The Kier molecular flexibility index (Phi) is 7.53. The van der Waals surface area contributed by atoms with Crippen molar-refractivity contribution in [1.29, 1.82) is 0 Å². The van der Waals surface area contributed by atoms with Crippen LogP contribution in [0.15, 0.2) is 84.9 Å². The van der Waals surface area contributed by atoms with E-state index in [0.29, 0.717) is 29.7 Å². The third kappa shape index (κ3) is 5.19. The zero-order chi connectivity index (χ0) is 27.5. The number of carbonyl (C=O) groups is 4. The molecule has 4 atom stereocenters. The number of nitrogens with one attached hydrogen (secondary N) is 1. The standard InChI is InChI=1S/C30H30N4O5/c31-17-19-11-13-21(14-12-19)28(37)32-25(27(36)20-7-3-1-4-8-20)30(39)33-16-15-23-26(33)24(35)18-34(23)29(38)22-9-5-2-6-10-22/h1-14,23,25-27,36H,15-18,31H2,(H,32,37)/t23-,25+,26+,27?/m1/s1. The van der Waals surface area contributed by atoms with Gasteiger partial charge in [0.05, 0.1) is 12.6 Å². The molecule has 2 fully saturated rings. The molecular weight excluding hydrogens is 496 g/mol. The molecule has 3 amide bonds. The van der Waals surface area contributed by atoms with Crippen molar-refractivity contribution in [2.75, 3.05) is 13.1 Å². The van der Waals surface area contributed by atoms with E-state index >= 15 is 0 Å². The van der Waals surface area contributed by atoms with Crippen LogP contribution in [0, 0.1) is 0 Å². The molecular formula is C30H30N4O5. The summed E-state index contributed by atoms with van der Waals surface area (Å²) >= 11 is 0. The molecule has 0 saturated carbocycles. The Labute approximate surface area is 226 Å². The smallest absolute Gasteiger partial charge is 0.254 e. The first kappa shape index (κ1) is 26.3. The van der Waals surface area contributed by atoms with Crippen LogP contribution in [0.5, 0.6) is 0 Å². The molecule has 9 nitrogen and oxygen atoms in total. The lowest BCUT2D eigenvalue weighted by Gasteiger charge is -2.31. The Hall–Kier alpha value is -4.34. The molecule has 5 rings (SSSR count). The van der Waals surface area contributed by atoms with Gasteiger partial charge in [0.15, 0.2) is 5.78 Å². The fraction of sp³-hybridized carbons (Fsp3) is 0.267. The summed E-state index contributed by atoms with van der Waals surface area (Å²) in [6.45, 7) is 0.446. The normalized spacial score (nSPS) is 19.9. The van der Waals surface area contributed by atoms with E-state index in [-0.39, 0.29) is 24.8 Å². The van der Waals surface area contributed by atoms with Crippen molar-refractivity contribution in [3.63, 3.8) is 0 Å². The van der Waals surface area contributed by atoms with Crippen molar-refractivity contribution in [1.82, 2.24) is 15.1 Å². The van der Waals surface area contributed by atoms with Crippen molar-refractivity contribution in [3.8, 4) is 0 Å². The summed E-state index contributed by atoms with van der Waals surface area (Å²) in [7, 11) is 0. The average molecular weight is 527 g/mol. The van der Waals surface area contributed by atoms with Gasteiger partial charge in [0.2, 0.25) is 5.91 Å². The third-order valence-electron chi connectivity index (χ3n) is 7.45. The molecule has 2 heterocycles. The minimum absolute atomic E-state index is 0.0986. The number of Topliss-reactive ketones (excluding diaryl/α,β-unsaturated/α-hetero) is 1. The van der Waals surface area contributed by atoms with Crippen LogP contribution in [-0.4, -0.2) is 69.6 Å². The van der Waals surface area contributed by atoms with Gasteiger partial charge >= 0.3 is 0 Å². The number of aliphatic hydroxyl groups is 1. The van der Waals surface area contributed by atoms with Crippen LogP contribution in [0.25, 0.3) is 0 Å². The molecule has 2 aliphatic heterocycles. The monoisotopic (exact) mass is 526 g/mol. The fourth-order valence-corrected chi connectivity index (χ4v) is 5.40. The second-order valence-corrected chi connectivity index (χ2v) is 9.81. The Balaban J connectivity index is 1.40. The van der Waals surface area contributed by atoms with E-state index in [1.807, 2.05) is 6.07 Å². The van der Waals surface area contributed by atoms with Crippen LogP contribution in [-0.2, 0) is 16.1 Å². The summed E-state index contributed by atoms with van der Waals surface area (Å²) in [6.07, 6.45) is -0.938. The van der Waals surface area contributed by atoms with Crippen molar-refractivity contribution >= 4 is 23.5 Å². The number of hydrogen-bond acceptors (Lipinski definition) is 6. The predicted molar refractivity (Wildman–Crippen MR) is 143 cm³/mol. The molecule has 1 unspecified atom stereocenters. The largest absolute Gasteiger partial charge is 0.386 e. The maximum atomic E-state index is 13.9. The fourth-order valence-electron chi connectivity index (χ4n) is 5.40. The number of aliphatic hydroxyl groups excluding tert-OH is 1. The highest BCUT2D eigenvalue weighted by Gasteiger charge is 2.53. The predicted octanol–water partition coefficient (Wildman–Crippen LogP) is 1.67. The second kappa shape index (κ2) is 11.2. The quantitative estimate of drug-likeness (QED) is 0.429. The lowest BCUT2D eigenvalue weighted by Crippen LogP contribution is -2.54. The minimum Gasteiger partial charge on any atom is -0.386 e. The molecule has 3 aromatic carbocycles. The number of nitrogens with zero attached hydrogens (tertiary/aromatic N) is 2. The highest BCUT2D eigenvalue weighted by atomic mass is 16.3. The molecule has 4 N–H and O–H groups in total. The van der Waals surface area contributed by atoms with E-state index in [0.717, 1.165) is 5.56 Å². The molecule has 2 saturated heterocycles. The van der Waals surface area contributed by atoms with Crippen molar-refractivity contribution in [2.24, 2.45) is 5.73 Å². The molecule has 39 heavy (non-hydrogen) atoms. The molecule has 0 bridgehead atoms. The van der Waals surface area contributed by atoms with Crippen LogP contribution < -0.4 is 11.1 Å². The number of likely N-dealkylation sites (tertiary alicyclic amines) is 2. The third-order valence-corrected chi connectivity index (χ3v) is 7.45. The molecule has 0 aliphatic carbocycles. The van der Waals surface area contributed by atoms with E-state index in [4.69, 9.17) is 5.73 Å². The summed E-state index contributed by atoms with van der Waals surface area (Å²) < 4.78 is 0. The van der Waals surface area contributed by atoms with E-state index < -0.39 is 36.0 Å². The number of carbonyl (C=O) groups excluding carboxylic acids is 4. The number of nitrogens with two attached hydrogens (primary N) is 1. The van der Waals surface area contributed by atoms with E-state index in [2.05, 4.69) is 5.32 Å². The summed E-state index contributed by atoms with van der Waals surface area (Å²) in [5, 5.41) is 14.0. The van der Waals surface area contributed by atoms with Crippen LogP contribution in [0.1, 0.15) is 44.4 Å². The lowest BCUT2D eigenvalue weighted by atomic mass is 9.99. The molecule has 0 spiro atoms. The lowest BCUT2D eigenvalue weighted by molar-refractivity contribution is -0.140. The molecule has 200 valence electrons. The summed E-state index contributed by atoms with van der Waals surface area (Å²) in [6, 6.07) is 21.3. The Morgan fingerprint density at radius 2 is 1.54 bits per heavy atom. The molecule has 9 heteroatoms. The first-order chi connectivity index (χ1) is 18.9. The average Bonchev–Trinajstić information content (AvgIpc) is 3.57. The second-order valence-electron chi connectivity index (χ2n) is 9.81. The van der Waals surface area contributed by atoms with Crippen molar-refractivity contribution in [2.45, 2.75) is 37.2 Å². The van der Waals surface area contributed by atoms with Gasteiger partial charge in [-0.3, -0.25) is 19.2 Å². The molecule has 2 aliphatic rings. The Morgan fingerprint density at radius 1 is 0.897 bits per heavy atom. The number of fused-ring (bicyclic) bond motifs is 1. The zero-order valence-corrected chi connectivity index (χ0v) is 21.3. The van der Waals surface area contributed by atoms with Gasteiger partial charge in [-0.05, 0) is 41.8 Å². The summed E-state index contributed by atoms with van der Waals surface area (Å²) in [5.41, 5.74) is 7.73. The topological polar surface area (TPSA) is 133 Å². The van der Waals surface area contributed by atoms with Gasteiger partial charge in [-0.25, -0.2) is 0 Å². The number of benzene rings is 3. The van der Waals surface area contributed by atoms with Crippen LogP contribution in [0.2, 0.25) is 0 Å².